The van der Waals surface area contributed by atoms with E-state index in [1.807, 2.05) is 36.2 Å². The summed E-state index contributed by atoms with van der Waals surface area (Å²) in [5.41, 5.74) is 1.43. The first kappa shape index (κ1) is 13.2. The molecule has 0 unspecified atom stereocenters. The Morgan fingerprint density at radius 3 is 2.68 bits per heavy atom. The predicted molar refractivity (Wildman–Crippen MR) is 73.8 cm³/mol. The van der Waals surface area contributed by atoms with Crippen molar-refractivity contribution in [2.75, 3.05) is 19.1 Å². The molecule has 0 saturated carbocycles. The molecule has 4 nitrogen and oxygen atoms in total. The fourth-order valence-corrected chi connectivity index (χ4v) is 2.08. The summed E-state index contributed by atoms with van der Waals surface area (Å²) >= 11 is 0. The van der Waals surface area contributed by atoms with Crippen LogP contribution in [-0.4, -0.2) is 19.9 Å². The summed E-state index contributed by atoms with van der Waals surface area (Å²) in [7, 11) is 3.49. The van der Waals surface area contributed by atoms with Gasteiger partial charge in [0.05, 0.1) is 31.2 Å². The summed E-state index contributed by atoms with van der Waals surface area (Å²) in [5.74, 6) is 1.43. The van der Waals surface area contributed by atoms with E-state index in [2.05, 4.69) is 0 Å². The molecule has 0 aliphatic heterocycles. The molecule has 100 valence electrons. The second-order valence-electron chi connectivity index (χ2n) is 4.35. The molecule has 19 heavy (non-hydrogen) atoms. The zero-order chi connectivity index (χ0) is 13.8. The van der Waals surface area contributed by atoms with Crippen LogP contribution in [0.5, 0.6) is 5.75 Å². The number of furan rings is 1. The molecule has 1 aromatic carbocycles. The van der Waals surface area contributed by atoms with Gasteiger partial charge in [0.1, 0.15) is 11.5 Å². The number of rotatable bonds is 5. The molecule has 0 N–H and O–H groups in total. The molecule has 0 amide bonds. The van der Waals surface area contributed by atoms with Gasteiger partial charge in [0.25, 0.3) is 0 Å². The molecule has 0 aliphatic rings. The Labute approximate surface area is 112 Å². The highest BCUT2D eigenvalue weighted by molar-refractivity contribution is 6.02. The van der Waals surface area contributed by atoms with Crippen molar-refractivity contribution in [2.45, 2.75) is 13.5 Å². The van der Waals surface area contributed by atoms with Crippen LogP contribution < -0.4 is 9.64 Å². The number of nitrogens with zero attached hydrogens (tertiary/aromatic N) is 1. The lowest BCUT2D eigenvalue weighted by molar-refractivity contribution is 0.101. The van der Waals surface area contributed by atoms with Gasteiger partial charge in [0.15, 0.2) is 5.78 Å². The van der Waals surface area contributed by atoms with Crippen LogP contribution in [0.4, 0.5) is 5.69 Å². The lowest BCUT2D eigenvalue weighted by Gasteiger charge is -2.21. The molecular weight excluding hydrogens is 242 g/mol. The highest BCUT2D eigenvalue weighted by Gasteiger charge is 2.16. The lowest BCUT2D eigenvalue weighted by atomic mass is 10.1. The number of carbonyl (C=O) groups is 1. The van der Waals surface area contributed by atoms with Crippen molar-refractivity contribution in [3.05, 3.63) is 47.9 Å². The van der Waals surface area contributed by atoms with Crippen LogP contribution in [0.3, 0.4) is 0 Å². The Bertz CT molecular complexity index is 561. The van der Waals surface area contributed by atoms with Crippen molar-refractivity contribution in [3.8, 4) is 5.75 Å². The molecule has 2 rings (SSSR count). The number of ether oxygens (including phenoxy) is 1. The second-order valence-corrected chi connectivity index (χ2v) is 4.35. The SMILES string of the molecule is COc1cccc(N(C)Cc2ccco2)c1C(C)=O. The maximum atomic E-state index is 11.8. The normalized spacial score (nSPS) is 10.3. The molecular formula is C15H17NO3. The first-order valence-electron chi connectivity index (χ1n) is 6.05. The number of hydrogen-bond acceptors (Lipinski definition) is 4. The van der Waals surface area contributed by atoms with Gasteiger partial charge in [-0.05, 0) is 31.2 Å². The van der Waals surface area contributed by atoms with Gasteiger partial charge in [0.2, 0.25) is 0 Å². The van der Waals surface area contributed by atoms with Crippen LogP contribution in [0.15, 0.2) is 41.0 Å². The monoisotopic (exact) mass is 259 g/mol. The molecule has 1 aromatic heterocycles. The minimum atomic E-state index is -0.0151. The number of benzene rings is 1. The van der Waals surface area contributed by atoms with Crippen molar-refractivity contribution in [2.24, 2.45) is 0 Å². The maximum absolute atomic E-state index is 11.8. The van der Waals surface area contributed by atoms with Gasteiger partial charge >= 0.3 is 0 Å². The van der Waals surface area contributed by atoms with Crippen LogP contribution in [0.1, 0.15) is 23.0 Å². The van der Waals surface area contributed by atoms with Crippen LogP contribution in [0.25, 0.3) is 0 Å². The number of Topliss-reactive ketones (excluding diaryl/α,β-unsaturated/α-hetero) is 1. The largest absolute Gasteiger partial charge is 0.496 e. The van der Waals surface area contributed by atoms with E-state index in [0.717, 1.165) is 11.4 Å². The van der Waals surface area contributed by atoms with Crippen molar-refractivity contribution in [1.29, 1.82) is 0 Å². The van der Waals surface area contributed by atoms with E-state index >= 15 is 0 Å². The van der Waals surface area contributed by atoms with Gasteiger partial charge in [0, 0.05) is 7.05 Å². The minimum Gasteiger partial charge on any atom is -0.496 e. The van der Waals surface area contributed by atoms with Gasteiger partial charge in [-0.2, -0.15) is 0 Å². The summed E-state index contributed by atoms with van der Waals surface area (Å²) in [4.78, 5) is 13.8. The van der Waals surface area contributed by atoms with Gasteiger partial charge < -0.3 is 14.1 Å². The van der Waals surface area contributed by atoms with E-state index < -0.39 is 0 Å². The van der Waals surface area contributed by atoms with Gasteiger partial charge in [-0.3, -0.25) is 4.79 Å². The van der Waals surface area contributed by atoms with Gasteiger partial charge in [-0.25, -0.2) is 0 Å². The van der Waals surface area contributed by atoms with Crippen molar-refractivity contribution in [3.63, 3.8) is 0 Å². The van der Waals surface area contributed by atoms with E-state index in [0.29, 0.717) is 17.9 Å². The fraction of sp³-hybridized carbons (Fsp3) is 0.267. The number of ketones is 1. The Morgan fingerprint density at radius 1 is 1.32 bits per heavy atom. The number of hydrogen-bond donors (Lipinski definition) is 0. The highest BCUT2D eigenvalue weighted by Crippen LogP contribution is 2.30. The first-order chi connectivity index (χ1) is 9.13. The quantitative estimate of drug-likeness (QED) is 0.774. The third kappa shape index (κ3) is 2.78. The Hall–Kier alpha value is -2.23. The average molecular weight is 259 g/mol. The molecule has 1 heterocycles. The fourth-order valence-electron chi connectivity index (χ4n) is 2.08. The molecule has 0 radical (unpaired) electrons. The molecule has 0 aliphatic carbocycles. The third-order valence-electron chi connectivity index (χ3n) is 2.96. The Kier molecular flexibility index (Phi) is 3.90. The summed E-state index contributed by atoms with van der Waals surface area (Å²) in [5, 5.41) is 0. The molecule has 0 fully saturated rings. The van der Waals surface area contributed by atoms with E-state index in [4.69, 9.17) is 9.15 Å². The van der Waals surface area contributed by atoms with Crippen molar-refractivity contribution in [1.82, 2.24) is 0 Å². The summed E-state index contributed by atoms with van der Waals surface area (Å²) in [6.07, 6.45) is 1.64. The molecule has 0 saturated heterocycles. The first-order valence-corrected chi connectivity index (χ1v) is 6.05. The highest BCUT2D eigenvalue weighted by atomic mass is 16.5. The standard InChI is InChI=1S/C15H17NO3/c1-11(17)15-13(7-4-8-14(15)18-3)16(2)10-12-6-5-9-19-12/h4-9H,10H2,1-3H3. The third-order valence-corrected chi connectivity index (χ3v) is 2.96. The van der Waals surface area contributed by atoms with Crippen LogP contribution in [-0.2, 0) is 6.54 Å². The van der Waals surface area contributed by atoms with Crippen LogP contribution >= 0.6 is 0 Å². The van der Waals surface area contributed by atoms with E-state index in [1.54, 1.807) is 26.4 Å². The van der Waals surface area contributed by atoms with E-state index in [-0.39, 0.29) is 5.78 Å². The van der Waals surface area contributed by atoms with Crippen molar-refractivity contribution < 1.29 is 13.9 Å². The molecule has 0 bridgehead atoms. The Morgan fingerprint density at radius 2 is 2.11 bits per heavy atom. The average Bonchev–Trinajstić information content (AvgIpc) is 2.90. The zero-order valence-electron chi connectivity index (χ0n) is 11.3. The topological polar surface area (TPSA) is 42.7 Å². The van der Waals surface area contributed by atoms with E-state index in [1.165, 1.54) is 0 Å². The minimum absolute atomic E-state index is 0.0151. The molecule has 0 atom stereocenters. The molecule has 2 aromatic rings. The Balaban J connectivity index is 2.35. The molecule has 4 heteroatoms. The van der Waals surface area contributed by atoms with Gasteiger partial charge in [-0.15, -0.1) is 0 Å². The number of anilines is 1. The molecule has 0 spiro atoms. The lowest BCUT2D eigenvalue weighted by Crippen LogP contribution is -2.19. The maximum Gasteiger partial charge on any atom is 0.165 e. The predicted octanol–water partition coefficient (Wildman–Crippen LogP) is 3.13. The number of methoxy groups -OCH3 is 1. The van der Waals surface area contributed by atoms with Crippen LogP contribution in [0.2, 0.25) is 0 Å². The summed E-state index contributed by atoms with van der Waals surface area (Å²) in [6, 6.07) is 9.33. The second kappa shape index (κ2) is 5.61. The van der Waals surface area contributed by atoms with E-state index in [9.17, 15) is 4.79 Å². The van der Waals surface area contributed by atoms with Crippen molar-refractivity contribution >= 4 is 11.5 Å². The zero-order valence-corrected chi connectivity index (χ0v) is 11.3. The van der Waals surface area contributed by atoms with Gasteiger partial charge in [-0.1, -0.05) is 6.07 Å². The van der Waals surface area contributed by atoms with Crippen LogP contribution in [0, 0.1) is 0 Å². The summed E-state index contributed by atoms with van der Waals surface area (Å²) < 4.78 is 10.6. The summed E-state index contributed by atoms with van der Waals surface area (Å²) in [6.45, 7) is 2.14. The number of carbonyl (C=O) groups excluding carboxylic acids is 1. The smallest absolute Gasteiger partial charge is 0.165 e.